The molecule has 3 heterocycles. The number of anilines is 1. The molecule has 1 unspecified atom stereocenters. The minimum Gasteiger partial charge on any atom is -0.396 e. The molecule has 0 aliphatic carbocycles. The van der Waals surface area contributed by atoms with Crippen LogP contribution in [0.15, 0.2) is 34.6 Å². The summed E-state index contributed by atoms with van der Waals surface area (Å²) in [4.78, 5) is 29.3. The molecule has 0 spiro atoms. The maximum absolute atomic E-state index is 14.3. The average molecular weight is 531 g/mol. The fourth-order valence-corrected chi connectivity index (χ4v) is 4.76. The largest absolute Gasteiger partial charge is 0.396 e. The van der Waals surface area contributed by atoms with Crippen LogP contribution in [0.25, 0.3) is 22.3 Å². The normalized spacial score (nSPS) is 12.4. The third-order valence-electron chi connectivity index (χ3n) is 5.88. The Kier molecular flexibility index (Phi) is 9.44. The number of hydrogen-bond donors (Lipinski definition) is 4. The maximum Gasteiger partial charge on any atom is 0.257 e. The second-order valence-electron chi connectivity index (χ2n) is 8.03. The Morgan fingerprint density at radius 3 is 2.76 bits per heavy atom. The summed E-state index contributed by atoms with van der Waals surface area (Å²) >= 11 is 1.36. The van der Waals surface area contributed by atoms with Crippen LogP contribution in [0.2, 0.25) is 0 Å². The number of aromatic nitrogens is 2. The van der Waals surface area contributed by atoms with E-state index >= 15 is 0 Å². The smallest absolute Gasteiger partial charge is 0.257 e. The van der Waals surface area contributed by atoms with Gasteiger partial charge in [0.1, 0.15) is 11.9 Å². The Morgan fingerprint density at radius 1 is 1.38 bits per heavy atom. The molecule has 0 bridgehead atoms. The van der Waals surface area contributed by atoms with Crippen LogP contribution in [-0.4, -0.2) is 45.5 Å². The number of hydrogen-bond acceptors (Lipinski definition) is 9. The number of aldehydes is 1. The summed E-state index contributed by atoms with van der Waals surface area (Å²) in [5, 5.41) is 23.8. The SMILES string of the molecule is C=C(NCc1c2c(nc3cc(F)c(N)cc13)-c1cc(C(O)C=O)c(COC)c(=O)n1C2)SCCO.CC. The molecule has 0 radical (unpaired) electrons. The van der Waals surface area contributed by atoms with Gasteiger partial charge in [-0.2, -0.15) is 0 Å². The predicted molar refractivity (Wildman–Crippen MR) is 144 cm³/mol. The highest BCUT2D eigenvalue weighted by molar-refractivity contribution is 8.03. The molecule has 11 heteroatoms. The quantitative estimate of drug-likeness (QED) is 0.180. The van der Waals surface area contributed by atoms with Gasteiger partial charge in [0.15, 0.2) is 6.29 Å². The number of nitrogens with zero attached hydrogens (tertiary/aromatic N) is 2. The van der Waals surface area contributed by atoms with E-state index in [1.165, 1.54) is 35.6 Å². The molecule has 5 N–H and O–H groups in total. The lowest BCUT2D eigenvalue weighted by atomic mass is 9.99. The van der Waals surface area contributed by atoms with Crippen LogP contribution in [0, 0.1) is 5.82 Å². The van der Waals surface area contributed by atoms with Crippen LogP contribution in [0.1, 0.15) is 42.2 Å². The number of benzene rings is 1. The summed E-state index contributed by atoms with van der Waals surface area (Å²) in [6, 6.07) is 4.31. The van der Waals surface area contributed by atoms with Crippen molar-refractivity contribution in [2.24, 2.45) is 0 Å². The second kappa shape index (κ2) is 12.3. The van der Waals surface area contributed by atoms with E-state index in [2.05, 4.69) is 16.9 Å². The molecule has 1 aromatic carbocycles. The Labute approximate surface area is 218 Å². The van der Waals surface area contributed by atoms with Crippen molar-refractivity contribution in [2.75, 3.05) is 25.2 Å². The average Bonchev–Trinajstić information content (AvgIpc) is 3.27. The van der Waals surface area contributed by atoms with Crippen LogP contribution >= 0.6 is 11.8 Å². The van der Waals surface area contributed by atoms with Gasteiger partial charge in [0.05, 0.1) is 47.4 Å². The van der Waals surface area contributed by atoms with Crippen molar-refractivity contribution < 1.29 is 24.1 Å². The van der Waals surface area contributed by atoms with Crippen molar-refractivity contribution in [1.82, 2.24) is 14.9 Å². The zero-order valence-corrected chi connectivity index (χ0v) is 21.8. The highest BCUT2D eigenvalue weighted by atomic mass is 32.2. The van der Waals surface area contributed by atoms with Gasteiger partial charge < -0.3 is 35.4 Å². The number of aliphatic hydroxyl groups excluding tert-OH is 2. The molecule has 0 saturated carbocycles. The van der Waals surface area contributed by atoms with Crippen LogP contribution in [0.3, 0.4) is 0 Å². The molecule has 37 heavy (non-hydrogen) atoms. The summed E-state index contributed by atoms with van der Waals surface area (Å²) in [7, 11) is 1.42. The molecule has 3 aromatic rings. The Morgan fingerprint density at radius 2 is 2.11 bits per heavy atom. The zero-order valence-electron chi connectivity index (χ0n) is 21.0. The van der Waals surface area contributed by atoms with Crippen LogP contribution in [-0.2, 0) is 29.2 Å². The number of ether oxygens (including phenoxy) is 1. The molecule has 0 saturated heterocycles. The van der Waals surface area contributed by atoms with Gasteiger partial charge in [0.25, 0.3) is 5.56 Å². The van der Waals surface area contributed by atoms with Crippen LogP contribution in [0.4, 0.5) is 10.1 Å². The fourth-order valence-electron chi connectivity index (χ4n) is 4.24. The van der Waals surface area contributed by atoms with Crippen molar-refractivity contribution in [1.29, 1.82) is 0 Å². The van der Waals surface area contributed by atoms with E-state index in [0.717, 1.165) is 11.1 Å². The minimum absolute atomic E-state index is 0.00572. The maximum atomic E-state index is 14.3. The lowest BCUT2D eigenvalue weighted by molar-refractivity contribution is -0.115. The molecule has 9 nitrogen and oxygen atoms in total. The molecule has 0 fully saturated rings. The second-order valence-corrected chi connectivity index (χ2v) is 9.22. The first-order chi connectivity index (χ1) is 17.8. The van der Waals surface area contributed by atoms with Gasteiger partial charge in [-0.1, -0.05) is 20.4 Å². The van der Waals surface area contributed by atoms with Crippen molar-refractivity contribution >= 4 is 34.6 Å². The lowest BCUT2D eigenvalue weighted by Crippen LogP contribution is -2.26. The fraction of sp³-hybridized carbons (Fsp3) is 0.346. The zero-order chi connectivity index (χ0) is 27.3. The van der Waals surface area contributed by atoms with Gasteiger partial charge in [-0.25, -0.2) is 9.37 Å². The Hall–Kier alpha value is -3.25. The van der Waals surface area contributed by atoms with Crippen molar-refractivity contribution in [3.63, 3.8) is 0 Å². The van der Waals surface area contributed by atoms with Gasteiger partial charge in [0.2, 0.25) is 0 Å². The predicted octanol–water partition coefficient (Wildman–Crippen LogP) is 2.84. The Balaban J connectivity index is 0.00000186. The summed E-state index contributed by atoms with van der Waals surface area (Å²) < 4.78 is 21.0. The van der Waals surface area contributed by atoms with Gasteiger partial charge >= 0.3 is 0 Å². The van der Waals surface area contributed by atoms with Crippen molar-refractivity contribution in [3.05, 3.63) is 68.2 Å². The topological polar surface area (TPSA) is 140 Å². The minimum atomic E-state index is -1.51. The van der Waals surface area contributed by atoms with Crippen molar-refractivity contribution in [3.8, 4) is 11.4 Å². The van der Waals surface area contributed by atoms with E-state index in [4.69, 9.17) is 15.6 Å². The van der Waals surface area contributed by atoms with E-state index in [9.17, 15) is 19.1 Å². The monoisotopic (exact) mass is 530 g/mol. The van der Waals surface area contributed by atoms with Gasteiger partial charge in [-0.15, -0.1) is 11.8 Å². The van der Waals surface area contributed by atoms with E-state index in [-0.39, 0.29) is 36.6 Å². The van der Waals surface area contributed by atoms with E-state index in [1.54, 1.807) is 6.07 Å². The van der Waals surface area contributed by atoms with E-state index < -0.39 is 17.5 Å². The highest BCUT2D eigenvalue weighted by Gasteiger charge is 2.29. The molecular formula is C26H31FN4O5S. The molecule has 1 aliphatic heterocycles. The van der Waals surface area contributed by atoms with E-state index in [0.29, 0.717) is 45.9 Å². The number of nitrogen functional groups attached to an aromatic ring is 1. The number of carbonyl (C=O) groups is 1. The third-order valence-corrected chi connectivity index (χ3v) is 6.76. The molecule has 4 rings (SSSR count). The first kappa shape index (κ1) is 28.3. The lowest BCUT2D eigenvalue weighted by Gasteiger charge is -2.15. The number of nitrogens with two attached hydrogens (primary N) is 1. The first-order valence-electron chi connectivity index (χ1n) is 11.8. The molecular weight excluding hydrogens is 499 g/mol. The summed E-state index contributed by atoms with van der Waals surface area (Å²) in [5.41, 5.74) is 8.44. The number of pyridine rings is 2. The number of methoxy groups -OCH3 is 1. The van der Waals surface area contributed by atoms with E-state index in [1.807, 2.05) is 13.8 Å². The van der Waals surface area contributed by atoms with Gasteiger partial charge in [0, 0.05) is 47.6 Å². The number of nitrogens with one attached hydrogen (secondary N) is 1. The number of aliphatic hydroxyl groups is 2. The first-order valence-corrected chi connectivity index (χ1v) is 12.7. The standard InChI is InChI=1S/C24H25FN4O5S.C2H6/c1-12(35-4-3-30)27-8-15-13-5-19(26)18(25)7-20(13)28-23-16(15)9-29-21(23)6-14(22(32)10-31)17(11-34-2)24(29)33;1-2/h5-7,10,22,27,30,32H,1,3-4,8-9,11,26H2,2H3;1-2H3. The molecule has 1 aliphatic rings. The number of fused-ring (bicyclic) bond motifs is 4. The number of halogens is 1. The third kappa shape index (κ3) is 5.54. The molecule has 0 amide bonds. The summed E-state index contributed by atoms with van der Waals surface area (Å²) in [6.45, 7) is 8.35. The van der Waals surface area contributed by atoms with Crippen molar-refractivity contribution in [2.45, 2.75) is 39.6 Å². The Bertz CT molecular complexity index is 1390. The number of rotatable bonds is 10. The van der Waals surface area contributed by atoms with Crippen LogP contribution in [0.5, 0.6) is 0 Å². The van der Waals surface area contributed by atoms with Crippen LogP contribution < -0.4 is 16.6 Å². The number of carbonyl (C=O) groups excluding carboxylic acids is 1. The summed E-state index contributed by atoms with van der Waals surface area (Å²) in [5.74, 6) is -0.140. The highest BCUT2D eigenvalue weighted by Crippen LogP contribution is 2.38. The molecule has 2 aromatic heterocycles. The molecule has 1 atom stereocenters. The van der Waals surface area contributed by atoms with Gasteiger partial charge in [-0.05, 0) is 17.7 Å². The molecule has 198 valence electrons. The van der Waals surface area contributed by atoms with Gasteiger partial charge in [-0.3, -0.25) is 4.79 Å². The summed E-state index contributed by atoms with van der Waals surface area (Å²) in [6.07, 6.45) is -1.16. The number of thioether (sulfide) groups is 1.